The van der Waals surface area contributed by atoms with E-state index in [-0.39, 0.29) is 12.5 Å². The number of aliphatic carboxylic acids is 2. The van der Waals surface area contributed by atoms with Crippen LogP contribution in [0, 0.1) is 41.5 Å². The van der Waals surface area contributed by atoms with E-state index in [0.717, 1.165) is 88.8 Å². The summed E-state index contributed by atoms with van der Waals surface area (Å²) in [5.74, 6) is -3.34. The van der Waals surface area contributed by atoms with Gasteiger partial charge in [-0.25, -0.2) is 9.59 Å². The van der Waals surface area contributed by atoms with Crippen LogP contribution in [-0.2, 0) is 14.3 Å². The zero-order valence-electron chi connectivity index (χ0n) is 40.1. The van der Waals surface area contributed by atoms with Gasteiger partial charge >= 0.3 is 18.0 Å². The maximum atomic E-state index is 13.1. The number of carbonyl (C=O) groups is 3. The fourth-order valence-corrected chi connectivity index (χ4v) is 10.5. The summed E-state index contributed by atoms with van der Waals surface area (Å²) in [5.41, 5.74) is 26.1. The minimum absolute atomic E-state index is 0.109. The SMILES string of the molecule is Cc1cc(C)c(-n2cc([C@H](C)[C@H](N=[N+]=[N-])C(=O)O)c3ccccc32)c(C)c1.Cc1cc(C)c(-n2cc([C@H](C)[C@H](NC(=O)OCC3c4ccccc4-c4ccccc43)C(=O)O)c3ccccc32)c(C)c1. The molecule has 2 aromatic heterocycles. The Morgan fingerprint density at radius 2 is 1.06 bits per heavy atom. The van der Waals surface area contributed by atoms with Crippen LogP contribution in [0.1, 0.15) is 87.2 Å². The fraction of sp³-hybridized carbons (Fsp3) is 0.246. The molecule has 4 atom stereocenters. The van der Waals surface area contributed by atoms with Crippen molar-refractivity contribution in [2.24, 2.45) is 5.11 Å². The van der Waals surface area contributed by atoms with Crippen molar-refractivity contribution in [2.75, 3.05) is 6.61 Å². The molecule has 0 saturated heterocycles. The van der Waals surface area contributed by atoms with Gasteiger partial charge in [-0.3, -0.25) is 4.79 Å². The number of hydrogen-bond donors (Lipinski definition) is 3. The van der Waals surface area contributed by atoms with Crippen molar-refractivity contribution in [3.05, 3.63) is 200 Å². The Bertz CT molecular complexity index is 3250. The number of amides is 1. The molecule has 1 aliphatic carbocycles. The molecule has 2 heterocycles. The van der Waals surface area contributed by atoms with Crippen LogP contribution < -0.4 is 5.32 Å². The molecule has 0 unspecified atom stereocenters. The lowest BCUT2D eigenvalue weighted by Crippen LogP contribution is -2.44. The fourth-order valence-electron chi connectivity index (χ4n) is 10.5. The van der Waals surface area contributed by atoms with Gasteiger partial charge in [0.05, 0.1) is 22.4 Å². The second kappa shape index (κ2) is 19.6. The van der Waals surface area contributed by atoms with Crippen LogP contribution in [0.4, 0.5) is 4.79 Å². The van der Waals surface area contributed by atoms with E-state index >= 15 is 0 Å². The number of para-hydroxylation sites is 2. The van der Waals surface area contributed by atoms with E-state index in [1.807, 2.05) is 92.1 Å². The van der Waals surface area contributed by atoms with Gasteiger partial charge in [0.2, 0.25) is 0 Å². The highest BCUT2D eigenvalue weighted by molar-refractivity contribution is 5.90. The third-order valence-electron chi connectivity index (χ3n) is 13.5. The number of carbonyl (C=O) groups excluding carboxylic acids is 1. The Kier molecular flexibility index (Phi) is 13.5. The number of fused-ring (bicyclic) bond motifs is 5. The van der Waals surface area contributed by atoms with E-state index in [1.54, 1.807) is 6.92 Å². The molecular formula is C57H56N6O6. The Balaban J connectivity index is 0.000000205. The molecule has 12 nitrogen and oxygen atoms in total. The molecule has 1 aliphatic rings. The number of nitrogens with zero attached hydrogens (tertiary/aromatic N) is 5. The number of alkyl carbamates (subject to hydrolysis) is 1. The van der Waals surface area contributed by atoms with Crippen molar-refractivity contribution in [3.63, 3.8) is 0 Å². The predicted molar refractivity (Wildman–Crippen MR) is 272 cm³/mol. The van der Waals surface area contributed by atoms with Crippen molar-refractivity contribution in [1.82, 2.24) is 14.5 Å². The first-order valence-electron chi connectivity index (χ1n) is 23.1. The molecule has 1 amide bonds. The number of carboxylic acids is 2. The summed E-state index contributed by atoms with van der Waals surface area (Å²) in [6.45, 7) is 16.2. The largest absolute Gasteiger partial charge is 0.481 e. The van der Waals surface area contributed by atoms with Gasteiger partial charge in [0, 0.05) is 45.8 Å². The van der Waals surface area contributed by atoms with Gasteiger partial charge in [0.25, 0.3) is 0 Å². The average Bonchev–Trinajstić information content (AvgIpc) is 3.99. The first-order chi connectivity index (χ1) is 33.1. The molecule has 3 N–H and O–H groups in total. The normalized spacial score (nSPS) is 13.6. The van der Waals surface area contributed by atoms with E-state index in [0.29, 0.717) is 0 Å². The number of nitrogens with one attached hydrogen (secondary N) is 1. The lowest BCUT2D eigenvalue weighted by molar-refractivity contribution is -0.140. The van der Waals surface area contributed by atoms with Gasteiger partial charge in [-0.1, -0.05) is 139 Å². The summed E-state index contributed by atoms with van der Waals surface area (Å²) in [6, 6.07) is 38.3. The lowest BCUT2D eigenvalue weighted by atomic mass is 9.93. The average molecular weight is 921 g/mol. The zero-order chi connectivity index (χ0) is 49.3. The summed E-state index contributed by atoms with van der Waals surface area (Å²) in [6.07, 6.45) is 3.24. The van der Waals surface area contributed by atoms with Gasteiger partial charge in [0.1, 0.15) is 18.7 Å². The van der Waals surface area contributed by atoms with E-state index < -0.39 is 42.0 Å². The van der Waals surface area contributed by atoms with Crippen LogP contribution in [0.2, 0.25) is 0 Å². The molecule has 0 fully saturated rings. The van der Waals surface area contributed by atoms with Gasteiger partial charge in [-0.2, -0.15) is 0 Å². The molecule has 0 aliphatic heterocycles. The number of aromatic nitrogens is 2. The maximum absolute atomic E-state index is 13.1. The van der Waals surface area contributed by atoms with Crippen LogP contribution in [0.25, 0.3) is 54.8 Å². The van der Waals surface area contributed by atoms with Crippen LogP contribution in [0.5, 0.6) is 0 Å². The predicted octanol–water partition coefficient (Wildman–Crippen LogP) is 13.1. The maximum Gasteiger partial charge on any atom is 0.407 e. The molecule has 6 aromatic carbocycles. The number of rotatable bonds is 12. The Labute approximate surface area is 401 Å². The van der Waals surface area contributed by atoms with Gasteiger partial charge in [0.15, 0.2) is 0 Å². The Hall–Kier alpha value is -8.08. The number of carboxylic acid groups (broad SMARTS) is 2. The van der Waals surface area contributed by atoms with E-state index in [9.17, 15) is 24.6 Å². The highest BCUT2D eigenvalue weighted by Gasteiger charge is 2.33. The van der Waals surface area contributed by atoms with Crippen molar-refractivity contribution in [2.45, 2.75) is 85.2 Å². The van der Waals surface area contributed by atoms with Crippen LogP contribution >= 0.6 is 0 Å². The highest BCUT2D eigenvalue weighted by atomic mass is 16.5. The molecule has 350 valence electrons. The molecule has 12 heteroatoms. The van der Waals surface area contributed by atoms with E-state index in [1.165, 1.54) is 11.1 Å². The van der Waals surface area contributed by atoms with Crippen molar-refractivity contribution >= 4 is 39.8 Å². The molecule has 8 aromatic rings. The second-order valence-corrected chi connectivity index (χ2v) is 18.3. The van der Waals surface area contributed by atoms with Gasteiger partial charge in [-0.05, 0) is 115 Å². The van der Waals surface area contributed by atoms with Crippen molar-refractivity contribution < 1.29 is 29.3 Å². The molecule has 0 bridgehead atoms. The van der Waals surface area contributed by atoms with Gasteiger partial charge in [-0.15, -0.1) is 0 Å². The zero-order valence-corrected chi connectivity index (χ0v) is 40.1. The summed E-state index contributed by atoms with van der Waals surface area (Å²) in [7, 11) is 0. The topological polar surface area (TPSA) is 172 Å². The highest BCUT2D eigenvalue weighted by Crippen LogP contribution is 2.45. The second-order valence-electron chi connectivity index (χ2n) is 18.3. The first-order valence-corrected chi connectivity index (χ1v) is 23.1. The van der Waals surface area contributed by atoms with Crippen molar-refractivity contribution in [3.8, 4) is 22.5 Å². The number of azide groups is 1. The monoisotopic (exact) mass is 920 g/mol. The summed E-state index contributed by atoms with van der Waals surface area (Å²) in [4.78, 5) is 39.9. The summed E-state index contributed by atoms with van der Waals surface area (Å²) in [5, 5.41) is 27.8. The number of aryl methyl sites for hydroxylation is 6. The number of benzene rings is 6. The molecule has 0 radical (unpaired) electrons. The third-order valence-corrected chi connectivity index (χ3v) is 13.5. The third kappa shape index (κ3) is 9.19. The van der Waals surface area contributed by atoms with E-state index in [4.69, 9.17) is 10.3 Å². The number of hydrogen-bond acceptors (Lipinski definition) is 5. The Morgan fingerprint density at radius 3 is 1.49 bits per heavy atom. The number of ether oxygens (including phenoxy) is 1. The van der Waals surface area contributed by atoms with Crippen LogP contribution in [0.3, 0.4) is 0 Å². The standard InChI is InChI=1S/C36H34N2O4.C21H22N4O2/c1-21-17-22(2)34(23(3)18-21)38-19-30(29-15-9-10-16-32(29)38)24(4)33(35(39)40)37-36(41)42-20-31-27-13-7-5-11-25(27)26-12-6-8-14-28(26)31;1-12-9-13(2)20(14(3)10-12)25-11-17(16-7-5-6-8-18(16)25)15(4)19(21(26)27)23-24-22/h5-19,24,31,33H,20H2,1-4H3,(H,37,41)(H,39,40);5-11,15,19H,1-4H3,(H,26,27)/t24-,33-;15-,19-/m00/s1. The first kappa shape index (κ1) is 47.4. The van der Waals surface area contributed by atoms with Crippen LogP contribution in [0.15, 0.2) is 139 Å². The lowest BCUT2D eigenvalue weighted by Gasteiger charge is -2.22. The molecule has 0 spiro atoms. The quantitative estimate of drug-likeness (QED) is 0.0625. The van der Waals surface area contributed by atoms with Gasteiger partial charge < -0.3 is 29.4 Å². The summed E-state index contributed by atoms with van der Waals surface area (Å²) >= 11 is 0. The smallest absolute Gasteiger partial charge is 0.407 e. The molecule has 0 saturated carbocycles. The van der Waals surface area contributed by atoms with Crippen LogP contribution in [-0.4, -0.2) is 56.1 Å². The summed E-state index contributed by atoms with van der Waals surface area (Å²) < 4.78 is 9.94. The van der Waals surface area contributed by atoms with E-state index in [2.05, 4.69) is 115 Å². The van der Waals surface area contributed by atoms with Crippen molar-refractivity contribution in [1.29, 1.82) is 0 Å². The minimum atomic E-state index is -1.18. The molecule has 69 heavy (non-hydrogen) atoms. The molecule has 9 rings (SSSR count). The molecular weight excluding hydrogens is 865 g/mol. The minimum Gasteiger partial charge on any atom is -0.481 e. The Morgan fingerprint density at radius 1 is 0.638 bits per heavy atom.